The van der Waals surface area contributed by atoms with E-state index in [0.717, 1.165) is 0 Å². The maximum absolute atomic E-state index is 12.7. The fraction of sp³-hybridized carbons (Fsp3) is 0.583. The van der Waals surface area contributed by atoms with Crippen molar-refractivity contribution in [2.75, 3.05) is 25.0 Å². The molecule has 1 aromatic rings. The summed E-state index contributed by atoms with van der Waals surface area (Å²) in [4.78, 5) is 14.7. The minimum Gasteiger partial charge on any atom is -0.368 e. The van der Waals surface area contributed by atoms with Gasteiger partial charge in [0.2, 0.25) is 0 Å². The van der Waals surface area contributed by atoms with E-state index < -0.39 is 27.9 Å². The van der Waals surface area contributed by atoms with Crippen molar-refractivity contribution in [1.82, 2.24) is 4.98 Å². The lowest BCUT2D eigenvalue weighted by Crippen LogP contribution is -2.37. The van der Waals surface area contributed by atoms with E-state index >= 15 is 0 Å². The van der Waals surface area contributed by atoms with Crippen LogP contribution in [0.1, 0.15) is 19.5 Å². The maximum Gasteiger partial charge on any atom is 0.433 e. The van der Waals surface area contributed by atoms with E-state index in [2.05, 4.69) is 4.98 Å². The third kappa shape index (κ3) is 4.28. The van der Waals surface area contributed by atoms with Crippen molar-refractivity contribution in [3.63, 3.8) is 0 Å². The van der Waals surface area contributed by atoms with Crippen molar-refractivity contribution >= 4 is 11.4 Å². The molecule has 0 aliphatic heterocycles. The van der Waals surface area contributed by atoms with Gasteiger partial charge in [-0.15, -0.1) is 0 Å². The Balaban J connectivity index is 3.27. The number of halogens is 3. The van der Waals surface area contributed by atoms with E-state index in [0.29, 0.717) is 18.8 Å². The number of hydrogen-bond acceptors (Lipinski definition) is 5. The third-order valence-corrected chi connectivity index (χ3v) is 2.98. The number of anilines is 1. The van der Waals surface area contributed by atoms with Crippen LogP contribution in [0.4, 0.5) is 24.5 Å². The lowest BCUT2D eigenvalue weighted by atomic mass is 9.93. The summed E-state index contributed by atoms with van der Waals surface area (Å²) in [5.41, 5.74) is 3.40. The molecule has 0 spiro atoms. The average Bonchev–Trinajstić information content (AvgIpc) is 2.36. The first kappa shape index (κ1) is 17.2. The average molecular weight is 306 g/mol. The minimum absolute atomic E-state index is 0.135. The van der Waals surface area contributed by atoms with Gasteiger partial charge in [0.25, 0.3) is 0 Å². The van der Waals surface area contributed by atoms with Crippen molar-refractivity contribution in [3.05, 3.63) is 28.1 Å². The summed E-state index contributed by atoms with van der Waals surface area (Å²) in [5.74, 6) is 0. The zero-order chi connectivity index (χ0) is 16.4. The smallest absolute Gasteiger partial charge is 0.368 e. The van der Waals surface area contributed by atoms with Crippen LogP contribution in [0.3, 0.4) is 0 Å². The fourth-order valence-corrected chi connectivity index (χ4v) is 1.83. The topological polar surface area (TPSA) is 85.3 Å². The fourth-order valence-electron chi connectivity index (χ4n) is 1.83. The Morgan fingerprint density at radius 3 is 2.43 bits per heavy atom. The molecule has 1 aromatic heterocycles. The second-order valence-electron chi connectivity index (χ2n) is 5.54. The predicted octanol–water partition coefficient (Wildman–Crippen LogP) is 2.43. The maximum atomic E-state index is 12.7. The molecule has 0 saturated heterocycles. The number of aromatic nitrogens is 1. The molecule has 0 saturated carbocycles. The lowest BCUT2D eigenvalue weighted by molar-refractivity contribution is -0.384. The molecule has 0 amide bonds. The van der Waals surface area contributed by atoms with Crippen LogP contribution >= 0.6 is 0 Å². The standard InChI is InChI=1S/C12H17F3N4O2/c1-11(2,6-16)7-18(3)8-4-10(12(13,14)15)17-5-9(8)19(20)21/h4-5H,6-7,16H2,1-3H3. The van der Waals surface area contributed by atoms with Crippen LogP contribution in [0.5, 0.6) is 0 Å². The van der Waals surface area contributed by atoms with Crippen molar-refractivity contribution in [2.45, 2.75) is 20.0 Å². The summed E-state index contributed by atoms with van der Waals surface area (Å²) in [6, 6.07) is 0.685. The summed E-state index contributed by atoms with van der Waals surface area (Å²) in [6.45, 7) is 4.20. The zero-order valence-corrected chi connectivity index (χ0v) is 11.9. The Morgan fingerprint density at radius 1 is 1.43 bits per heavy atom. The molecule has 118 valence electrons. The molecule has 0 aliphatic rings. The van der Waals surface area contributed by atoms with Gasteiger partial charge in [-0.1, -0.05) is 13.8 Å². The summed E-state index contributed by atoms with van der Waals surface area (Å²) >= 11 is 0. The highest BCUT2D eigenvalue weighted by atomic mass is 19.4. The van der Waals surface area contributed by atoms with E-state index in [9.17, 15) is 23.3 Å². The number of nitro groups is 1. The third-order valence-electron chi connectivity index (χ3n) is 2.98. The van der Waals surface area contributed by atoms with Crippen LogP contribution in [0.25, 0.3) is 0 Å². The molecule has 6 nitrogen and oxygen atoms in total. The zero-order valence-electron chi connectivity index (χ0n) is 11.9. The highest BCUT2D eigenvalue weighted by Gasteiger charge is 2.35. The molecule has 0 radical (unpaired) electrons. The molecule has 9 heteroatoms. The molecule has 0 atom stereocenters. The second-order valence-corrected chi connectivity index (χ2v) is 5.54. The van der Waals surface area contributed by atoms with Crippen molar-refractivity contribution in [3.8, 4) is 0 Å². The Kier molecular flexibility index (Phi) is 4.77. The van der Waals surface area contributed by atoms with Gasteiger partial charge in [0.15, 0.2) is 0 Å². The molecular weight excluding hydrogens is 289 g/mol. The molecular formula is C12H17F3N4O2. The number of rotatable bonds is 5. The van der Waals surface area contributed by atoms with E-state index in [4.69, 9.17) is 5.73 Å². The summed E-state index contributed by atoms with van der Waals surface area (Å²) < 4.78 is 38.1. The Bertz CT molecular complexity index is 532. The number of hydrogen-bond donors (Lipinski definition) is 1. The van der Waals surface area contributed by atoms with Gasteiger partial charge < -0.3 is 10.6 Å². The molecule has 0 fully saturated rings. The van der Waals surface area contributed by atoms with Crippen LogP contribution in [0.15, 0.2) is 12.3 Å². The normalized spacial score (nSPS) is 12.3. The molecule has 1 heterocycles. The van der Waals surface area contributed by atoms with Gasteiger partial charge in [-0.2, -0.15) is 13.2 Å². The number of nitrogens with two attached hydrogens (primary N) is 1. The first-order valence-electron chi connectivity index (χ1n) is 6.11. The first-order valence-corrected chi connectivity index (χ1v) is 6.11. The molecule has 0 aromatic carbocycles. The van der Waals surface area contributed by atoms with Gasteiger partial charge in [0.1, 0.15) is 17.6 Å². The van der Waals surface area contributed by atoms with E-state index in [1.807, 2.05) is 13.8 Å². The predicted molar refractivity (Wildman–Crippen MR) is 72.0 cm³/mol. The minimum atomic E-state index is -4.66. The number of nitrogens with zero attached hydrogens (tertiary/aromatic N) is 3. The van der Waals surface area contributed by atoms with Crippen molar-refractivity contribution in [1.29, 1.82) is 0 Å². The molecule has 0 aliphatic carbocycles. The monoisotopic (exact) mass is 306 g/mol. The summed E-state index contributed by atoms with van der Waals surface area (Å²) in [7, 11) is 1.49. The van der Waals surface area contributed by atoms with Crippen LogP contribution in [-0.4, -0.2) is 30.0 Å². The largest absolute Gasteiger partial charge is 0.433 e. The van der Waals surface area contributed by atoms with E-state index in [1.165, 1.54) is 11.9 Å². The molecule has 21 heavy (non-hydrogen) atoms. The molecule has 0 unspecified atom stereocenters. The van der Waals surface area contributed by atoms with Crippen molar-refractivity contribution in [2.24, 2.45) is 11.1 Å². The molecule has 0 bridgehead atoms. The Hall–Kier alpha value is -1.90. The van der Waals surface area contributed by atoms with Gasteiger partial charge in [-0.05, 0) is 18.0 Å². The van der Waals surface area contributed by atoms with Gasteiger partial charge in [-0.3, -0.25) is 10.1 Å². The summed E-state index contributed by atoms with van der Waals surface area (Å²) in [6.07, 6.45) is -4.03. The Morgan fingerprint density at radius 2 is 2.00 bits per heavy atom. The highest BCUT2D eigenvalue weighted by Crippen LogP contribution is 2.35. The Labute approximate surface area is 119 Å². The van der Waals surface area contributed by atoms with Crippen LogP contribution < -0.4 is 10.6 Å². The van der Waals surface area contributed by atoms with Gasteiger partial charge >= 0.3 is 11.9 Å². The van der Waals surface area contributed by atoms with Crippen LogP contribution in [0.2, 0.25) is 0 Å². The number of alkyl halides is 3. The SMILES string of the molecule is CN(CC(C)(C)CN)c1cc(C(F)(F)F)ncc1[N+](=O)[O-]. The lowest BCUT2D eigenvalue weighted by Gasteiger charge is -2.30. The van der Waals surface area contributed by atoms with Gasteiger partial charge in [-0.25, -0.2) is 4.98 Å². The van der Waals surface area contributed by atoms with E-state index in [-0.39, 0.29) is 12.2 Å². The van der Waals surface area contributed by atoms with Crippen molar-refractivity contribution < 1.29 is 18.1 Å². The number of pyridine rings is 1. The van der Waals surface area contributed by atoms with Gasteiger partial charge in [0.05, 0.1) is 4.92 Å². The first-order chi connectivity index (χ1) is 9.48. The summed E-state index contributed by atoms with van der Waals surface area (Å²) in [5, 5.41) is 11.0. The second kappa shape index (κ2) is 5.84. The quantitative estimate of drug-likeness (QED) is 0.667. The van der Waals surface area contributed by atoms with Crippen LogP contribution in [0, 0.1) is 15.5 Å². The van der Waals surface area contributed by atoms with E-state index in [1.54, 1.807) is 0 Å². The molecule has 1 rings (SSSR count). The molecule has 2 N–H and O–H groups in total. The highest BCUT2D eigenvalue weighted by molar-refractivity contribution is 5.62. The van der Waals surface area contributed by atoms with Gasteiger partial charge in [0, 0.05) is 13.6 Å². The van der Waals surface area contributed by atoms with Crippen LogP contribution in [-0.2, 0) is 6.18 Å².